The van der Waals surface area contributed by atoms with Gasteiger partial charge in [0.25, 0.3) is 0 Å². The van der Waals surface area contributed by atoms with Crippen molar-refractivity contribution in [2.75, 3.05) is 19.6 Å². The zero-order valence-electron chi connectivity index (χ0n) is 16.0. The third-order valence-electron chi connectivity index (χ3n) is 5.03. The van der Waals surface area contributed by atoms with Gasteiger partial charge in [0.1, 0.15) is 5.75 Å². The van der Waals surface area contributed by atoms with E-state index in [0.717, 1.165) is 37.8 Å². The second-order valence-corrected chi connectivity index (χ2v) is 7.10. The van der Waals surface area contributed by atoms with E-state index < -0.39 is 0 Å². The fourth-order valence-corrected chi connectivity index (χ4v) is 3.42. The molecule has 1 aromatic rings. The summed E-state index contributed by atoms with van der Waals surface area (Å²) in [7, 11) is 0. The summed E-state index contributed by atoms with van der Waals surface area (Å²) in [5.74, 6) is 1.45. The van der Waals surface area contributed by atoms with Gasteiger partial charge in [-0.3, -0.25) is 4.79 Å². The van der Waals surface area contributed by atoms with Gasteiger partial charge >= 0.3 is 0 Å². The van der Waals surface area contributed by atoms with Gasteiger partial charge in [0.05, 0.1) is 6.54 Å². The van der Waals surface area contributed by atoms with Crippen molar-refractivity contribution in [2.45, 2.75) is 52.0 Å². The molecular weight excluding hydrogens is 455 g/mol. The number of nitrogens with zero attached hydrogens (tertiary/aromatic N) is 1. The number of carbonyl (C=O) groups excluding carboxylic acids is 1. The molecule has 27 heavy (non-hydrogen) atoms. The highest BCUT2D eigenvalue weighted by molar-refractivity contribution is 14.0. The molecule has 0 saturated heterocycles. The maximum atomic E-state index is 11.6. The van der Waals surface area contributed by atoms with Gasteiger partial charge in [-0.25, -0.2) is 4.99 Å². The number of fused-ring (bicyclic) bond motifs is 1. The van der Waals surface area contributed by atoms with E-state index in [-0.39, 0.29) is 35.8 Å². The van der Waals surface area contributed by atoms with Gasteiger partial charge in [0.15, 0.2) is 5.96 Å². The summed E-state index contributed by atoms with van der Waals surface area (Å²) in [5.41, 5.74) is 3.56. The Labute approximate surface area is 178 Å². The quantitative estimate of drug-likeness (QED) is 0.207. The molecule has 1 fully saturated rings. The van der Waals surface area contributed by atoms with Crippen LogP contribution in [0.4, 0.5) is 0 Å². The average molecular weight is 486 g/mol. The monoisotopic (exact) mass is 486 g/mol. The fraction of sp³-hybridized carbons (Fsp3) is 0.600. The predicted molar refractivity (Wildman–Crippen MR) is 119 cm³/mol. The van der Waals surface area contributed by atoms with Crippen LogP contribution in [0.5, 0.6) is 5.75 Å². The highest BCUT2D eigenvalue weighted by atomic mass is 127. The Morgan fingerprint density at radius 3 is 2.63 bits per heavy atom. The third kappa shape index (κ3) is 6.26. The largest absolute Gasteiger partial charge is 0.508 e. The van der Waals surface area contributed by atoms with Crippen molar-refractivity contribution in [2.24, 2.45) is 10.9 Å². The number of guanidine groups is 1. The number of carbonyl (C=O) groups is 1. The van der Waals surface area contributed by atoms with Gasteiger partial charge in [-0.2, -0.15) is 0 Å². The van der Waals surface area contributed by atoms with Crippen LogP contribution in [-0.2, 0) is 24.2 Å². The molecule has 0 aromatic heterocycles. The number of aryl methyl sites for hydroxylation is 1. The van der Waals surface area contributed by atoms with Crippen molar-refractivity contribution in [1.29, 1.82) is 0 Å². The minimum atomic E-state index is 0. The van der Waals surface area contributed by atoms with E-state index in [0.29, 0.717) is 31.3 Å². The zero-order chi connectivity index (χ0) is 18.4. The van der Waals surface area contributed by atoms with Crippen LogP contribution in [0.2, 0.25) is 0 Å². The number of hydrogen-bond donors (Lipinski definition) is 4. The summed E-state index contributed by atoms with van der Waals surface area (Å²) in [6, 6.07) is 3.84. The van der Waals surface area contributed by atoms with Gasteiger partial charge in [-0.05, 0) is 62.6 Å². The molecule has 2 aliphatic carbocycles. The number of phenolic OH excluding ortho intramolecular Hbond substituents is 1. The van der Waals surface area contributed by atoms with Gasteiger partial charge in [0, 0.05) is 31.1 Å². The second kappa shape index (κ2) is 10.7. The summed E-state index contributed by atoms with van der Waals surface area (Å²) in [6.07, 6.45) is 6.54. The summed E-state index contributed by atoms with van der Waals surface area (Å²) in [5, 5.41) is 19.7. The number of benzene rings is 1. The van der Waals surface area contributed by atoms with E-state index in [1.165, 1.54) is 24.0 Å². The maximum Gasteiger partial charge on any atom is 0.223 e. The first kappa shape index (κ1) is 21.8. The molecular formula is C20H31IN4O2. The van der Waals surface area contributed by atoms with E-state index in [1.54, 1.807) is 6.07 Å². The highest BCUT2D eigenvalue weighted by Gasteiger charge is 2.28. The van der Waals surface area contributed by atoms with Crippen LogP contribution in [-0.4, -0.2) is 36.6 Å². The van der Waals surface area contributed by atoms with E-state index in [1.807, 2.05) is 13.0 Å². The van der Waals surface area contributed by atoms with Crippen LogP contribution in [0.15, 0.2) is 17.1 Å². The highest BCUT2D eigenvalue weighted by Crippen LogP contribution is 2.31. The van der Waals surface area contributed by atoms with E-state index in [2.05, 4.69) is 20.9 Å². The van der Waals surface area contributed by atoms with Gasteiger partial charge < -0.3 is 21.1 Å². The molecule has 0 unspecified atom stereocenters. The Kier molecular flexibility index (Phi) is 8.66. The lowest BCUT2D eigenvalue weighted by atomic mass is 9.88. The van der Waals surface area contributed by atoms with Crippen molar-refractivity contribution in [1.82, 2.24) is 16.0 Å². The Balaban J connectivity index is 0.00000261. The Bertz CT molecular complexity index is 674. The lowest BCUT2D eigenvalue weighted by molar-refractivity contribution is -0.122. The number of amides is 1. The molecule has 4 N–H and O–H groups in total. The van der Waals surface area contributed by atoms with Crippen molar-refractivity contribution >= 4 is 35.8 Å². The minimum absolute atomic E-state index is 0. The SMILES string of the molecule is CCNC(=NCc1c(O)ccc2c1CCCC2)NCCNC(=O)C1CC1.I. The minimum Gasteiger partial charge on any atom is -0.508 e. The smallest absolute Gasteiger partial charge is 0.223 e. The Morgan fingerprint density at radius 1 is 1.15 bits per heavy atom. The predicted octanol–water partition coefficient (Wildman–Crippen LogP) is 2.47. The van der Waals surface area contributed by atoms with Crippen molar-refractivity contribution in [3.8, 4) is 5.75 Å². The van der Waals surface area contributed by atoms with Crippen molar-refractivity contribution < 1.29 is 9.90 Å². The van der Waals surface area contributed by atoms with Crippen LogP contribution in [0, 0.1) is 5.92 Å². The number of aliphatic imine (C=N–C) groups is 1. The Hall–Kier alpha value is -1.51. The molecule has 0 spiro atoms. The second-order valence-electron chi connectivity index (χ2n) is 7.10. The number of hydrogen-bond acceptors (Lipinski definition) is 3. The first-order valence-electron chi connectivity index (χ1n) is 9.81. The molecule has 2 aliphatic rings. The molecule has 7 heteroatoms. The topological polar surface area (TPSA) is 85.8 Å². The fourth-order valence-electron chi connectivity index (χ4n) is 3.42. The molecule has 1 aromatic carbocycles. The number of aromatic hydroxyl groups is 1. The van der Waals surface area contributed by atoms with Crippen LogP contribution in [0.1, 0.15) is 49.3 Å². The number of rotatable bonds is 7. The van der Waals surface area contributed by atoms with Crippen molar-refractivity contribution in [3.63, 3.8) is 0 Å². The lowest BCUT2D eigenvalue weighted by Crippen LogP contribution is -2.41. The van der Waals surface area contributed by atoms with E-state index >= 15 is 0 Å². The van der Waals surface area contributed by atoms with Crippen LogP contribution < -0.4 is 16.0 Å². The zero-order valence-corrected chi connectivity index (χ0v) is 18.3. The molecule has 0 radical (unpaired) electrons. The van der Waals surface area contributed by atoms with Gasteiger partial charge in [-0.15, -0.1) is 24.0 Å². The maximum absolute atomic E-state index is 11.6. The number of phenols is 1. The molecule has 0 heterocycles. The molecule has 150 valence electrons. The molecule has 3 rings (SSSR count). The lowest BCUT2D eigenvalue weighted by Gasteiger charge is -2.20. The Morgan fingerprint density at radius 2 is 1.89 bits per heavy atom. The molecule has 0 bridgehead atoms. The summed E-state index contributed by atoms with van der Waals surface area (Å²) in [4.78, 5) is 16.3. The summed E-state index contributed by atoms with van der Waals surface area (Å²) in [6.45, 7) is 4.46. The van der Waals surface area contributed by atoms with Gasteiger partial charge in [0.2, 0.25) is 5.91 Å². The molecule has 0 atom stereocenters. The molecule has 1 saturated carbocycles. The number of halogens is 1. The van der Waals surface area contributed by atoms with E-state index in [4.69, 9.17) is 0 Å². The van der Waals surface area contributed by atoms with Crippen molar-refractivity contribution in [3.05, 3.63) is 28.8 Å². The summed E-state index contributed by atoms with van der Waals surface area (Å²) >= 11 is 0. The van der Waals surface area contributed by atoms with Gasteiger partial charge in [-0.1, -0.05) is 6.07 Å². The van der Waals surface area contributed by atoms with Crippen LogP contribution in [0.3, 0.4) is 0 Å². The first-order valence-corrected chi connectivity index (χ1v) is 9.81. The van der Waals surface area contributed by atoms with E-state index in [9.17, 15) is 9.90 Å². The third-order valence-corrected chi connectivity index (χ3v) is 5.03. The number of nitrogens with one attached hydrogen (secondary N) is 3. The molecule has 0 aliphatic heterocycles. The first-order chi connectivity index (χ1) is 12.7. The molecule has 1 amide bonds. The average Bonchev–Trinajstić information content (AvgIpc) is 3.49. The standard InChI is InChI=1S/C20H30N4O2.HI/c1-2-21-20(23-12-11-22-19(26)15-7-8-15)24-13-17-16-6-4-3-5-14(16)9-10-18(17)25;/h9-10,15,25H,2-8,11-13H2,1H3,(H,22,26)(H2,21,23,24);1H. The molecule has 6 nitrogen and oxygen atoms in total. The summed E-state index contributed by atoms with van der Waals surface area (Å²) < 4.78 is 0. The van der Waals surface area contributed by atoms with Crippen LogP contribution >= 0.6 is 24.0 Å². The normalized spacial score (nSPS) is 16.1. The van der Waals surface area contributed by atoms with Crippen LogP contribution in [0.25, 0.3) is 0 Å².